The first-order valence-corrected chi connectivity index (χ1v) is 12.6. The molecule has 3 aliphatic rings. The number of benzene rings is 1. The zero-order valence-electron chi connectivity index (χ0n) is 16.7. The van der Waals surface area contributed by atoms with Crippen molar-refractivity contribution in [3.8, 4) is 0 Å². The number of hydrogen-bond acceptors (Lipinski definition) is 5. The van der Waals surface area contributed by atoms with E-state index in [1.54, 1.807) is 11.3 Å². The van der Waals surface area contributed by atoms with Crippen LogP contribution in [-0.4, -0.2) is 22.6 Å². The number of aromatic nitrogens is 1. The SMILES string of the molecule is CCCCCCCSc1nc2ccc(N3C(=O)[C@H]4[C@H](C3=O)[C@H]3C=C[C@H]4C3)cc2s1. The topological polar surface area (TPSA) is 50.3 Å². The van der Waals surface area contributed by atoms with E-state index in [2.05, 4.69) is 19.1 Å². The lowest BCUT2D eigenvalue weighted by atomic mass is 9.85. The fourth-order valence-corrected chi connectivity index (χ4v) is 7.29. The fraction of sp³-hybridized carbons (Fsp3) is 0.522. The van der Waals surface area contributed by atoms with E-state index in [1.807, 2.05) is 30.0 Å². The number of anilines is 1. The predicted octanol–water partition coefficient (Wildman–Crippen LogP) is 5.67. The van der Waals surface area contributed by atoms with Gasteiger partial charge in [-0.05, 0) is 42.9 Å². The molecular weight excluding hydrogens is 400 g/mol. The summed E-state index contributed by atoms with van der Waals surface area (Å²) in [6.45, 7) is 2.24. The quantitative estimate of drug-likeness (QED) is 0.236. The lowest BCUT2D eigenvalue weighted by Gasteiger charge is -2.17. The van der Waals surface area contributed by atoms with Crippen molar-refractivity contribution in [1.82, 2.24) is 4.98 Å². The van der Waals surface area contributed by atoms with Crippen molar-refractivity contribution in [3.05, 3.63) is 30.4 Å². The molecule has 1 aromatic heterocycles. The summed E-state index contributed by atoms with van der Waals surface area (Å²) in [5, 5.41) is 0. The van der Waals surface area contributed by atoms with Crippen LogP contribution < -0.4 is 4.90 Å². The first-order valence-electron chi connectivity index (χ1n) is 10.8. The largest absolute Gasteiger partial charge is 0.274 e. The van der Waals surface area contributed by atoms with E-state index in [0.29, 0.717) is 5.69 Å². The first kappa shape index (κ1) is 19.3. The number of hydrogen-bond donors (Lipinski definition) is 0. The van der Waals surface area contributed by atoms with Crippen LogP contribution in [-0.2, 0) is 9.59 Å². The number of carbonyl (C=O) groups excluding carboxylic acids is 2. The molecule has 5 rings (SSSR count). The Hall–Kier alpha value is -1.66. The van der Waals surface area contributed by atoms with Crippen LogP contribution in [0.3, 0.4) is 0 Å². The minimum absolute atomic E-state index is 0.0117. The number of amides is 2. The van der Waals surface area contributed by atoms with Gasteiger partial charge in [0, 0.05) is 5.75 Å². The van der Waals surface area contributed by atoms with Crippen LogP contribution in [0.25, 0.3) is 10.2 Å². The number of fused-ring (bicyclic) bond motifs is 6. The Balaban J connectivity index is 1.29. The first-order chi connectivity index (χ1) is 14.2. The van der Waals surface area contributed by atoms with Crippen molar-refractivity contribution in [3.63, 3.8) is 0 Å². The highest BCUT2D eigenvalue weighted by Gasteiger charge is 2.59. The second kappa shape index (κ2) is 7.88. The molecule has 1 saturated heterocycles. The van der Waals surface area contributed by atoms with E-state index in [0.717, 1.165) is 26.7 Å². The van der Waals surface area contributed by atoms with Crippen molar-refractivity contribution in [2.24, 2.45) is 23.7 Å². The molecule has 1 aliphatic heterocycles. The molecule has 4 nitrogen and oxygen atoms in total. The van der Waals surface area contributed by atoms with Crippen LogP contribution in [0.1, 0.15) is 45.4 Å². The molecule has 0 N–H and O–H groups in total. The van der Waals surface area contributed by atoms with Crippen LogP contribution in [0.2, 0.25) is 0 Å². The van der Waals surface area contributed by atoms with Crippen molar-refractivity contribution in [2.75, 3.05) is 10.7 Å². The molecular formula is C23H26N2O2S2. The molecule has 0 spiro atoms. The molecule has 2 fully saturated rings. The minimum Gasteiger partial charge on any atom is -0.274 e. The van der Waals surface area contributed by atoms with Gasteiger partial charge in [0.25, 0.3) is 0 Å². The van der Waals surface area contributed by atoms with Gasteiger partial charge in [-0.2, -0.15) is 0 Å². The van der Waals surface area contributed by atoms with E-state index in [1.165, 1.54) is 37.0 Å². The van der Waals surface area contributed by atoms with Crippen LogP contribution in [0.4, 0.5) is 5.69 Å². The molecule has 2 aromatic rings. The number of thioether (sulfide) groups is 1. The third-order valence-electron chi connectivity index (χ3n) is 6.55. The summed E-state index contributed by atoms with van der Waals surface area (Å²) in [5.74, 6) is 1.28. The lowest BCUT2D eigenvalue weighted by molar-refractivity contribution is -0.123. The Morgan fingerprint density at radius 1 is 1.07 bits per heavy atom. The van der Waals surface area contributed by atoms with Gasteiger partial charge < -0.3 is 0 Å². The van der Waals surface area contributed by atoms with E-state index in [9.17, 15) is 9.59 Å². The highest BCUT2D eigenvalue weighted by Crippen LogP contribution is 2.53. The number of carbonyl (C=O) groups is 2. The van der Waals surface area contributed by atoms with Gasteiger partial charge in [-0.25, -0.2) is 9.88 Å². The second-order valence-corrected chi connectivity index (χ2v) is 10.8. The highest BCUT2D eigenvalue weighted by atomic mass is 32.2. The Bertz CT molecular complexity index is 952. The van der Waals surface area contributed by atoms with Crippen molar-refractivity contribution in [2.45, 2.75) is 49.8 Å². The van der Waals surface area contributed by atoms with Crippen LogP contribution in [0.15, 0.2) is 34.7 Å². The molecule has 0 radical (unpaired) electrons. The number of thiazole rings is 1. The molecule has 6 heteroatoms. The predicted molar refractivity (Wildman–Crippen MR) is 119 cm³/mol. The molecule has 1 saturated carbocycles. The smallest absolute Gasteiger partial charge is 0.238 e. The second-order valence-electron chi connectivity index (χ2n) is 8.41. The number of rotatable bonds is 8. The third kappa shape index (κ3) is 3.34. The fourth-order valence-electron chi connectivity index (χ4n) is 5.11. The van der Waals surface area contributed by atoms with E-state index >= 15 is 0 Å². The lowest BCUT2D eigenvalue weighted by Crippen LogP contribution is -2.32. The molecule has 2 bridgehead atoms. The van der Waals surface area contributed by atoms with E-state index < -0.39 is 0 Å². The average molecular weight is 427 g/mol. The summed E-state index contributed by atoms with van der Waals surface area (Å²) in [4.78, 5) is 32.2. The molecule has 2 amide bonds. The Labute approximate surface area is 179 Å². The van der Waals surface area contributed by atoms with E-state index in [-0.39, 0.29) is 35.5 Å². The van der Waals surface area contributed by atoms with Gasteiger partial charge >= 0.3 is 0 Å². The minimum atomic E-state index is -0.145. The summed E-state index contributed by atoms with van der Waals surface area (Å²) in [6.07, 6.45) is 11.7. The van der Waals surface area contributed by atoms with Gasteiger partial charge in [0.15, 0.2) is 4.34 Å². The van der Waals surface area contributed by atoms with Crippen molar-refractivity contribution < 1.29 is 9.59 Å². The molecule has 29 heavy (non-hydrogen) atoms. The zero-order valence-corrected chi connectivity index (χ0v) is 18.3. The van der Waals surface area contributed by atoms with Crippen LogP contribution >= 0.6 is 23.1 Å². The Morgan fingerprint density at radius 3 is 2.52 bits per heavy atom. The summed E-state index contributed by atoms with van der Waals surface area (Å²) >= 11 is 3.48. The zero-order chi connectivity index (χ0) is 20.0. The number of unbranched alkanes of at least 4 members (excludes halogenated alkanes) is 4. The van der Waals surface area contributed by atoms with E-state index in [4.69, 9.17) is 4.98 Å². The molecule has 152 valence electrons. The maximum atomic E-state index is 13.0. The summed E-state index contributed by atoms with van der Waals surface area (Å²) < 4.78 is 2.13. The number of imide groups is 1. The average Bonchev–Trinajstić information content (AvgIpc) is 3.47. The molecule has 4 atom stereocenters. The Kier molecular flexibility index (Phi) is 5.25. The van der Waals surface area contributed by atoms with Gasteiger partial charge in [-0.3, -0.25) is 9.59 Å². The third-order valence-corrected chi connectivity index (χ3v) is 8.80. The maximum Gasteiger partial charge on any atom is 0.238 e. The molecule has 0 unspecified atom stereocenters. The Morgan fingerprint density at radius 2 is 1.79 bits per heavy atom. The monoisotopic (exact) mass is 426 g/mol. The van der Waals surface area contributed by atoms with Gasteiger partial charge in [0.2, 0.25) is 11.8 Å². The number of allylic oxidation sites excluding steroid dienone is 2. The normalized spacial score (nSPS) is 27.6. The number of nitrogens with zero attached hydrogens (tertiary/aromatic N) is 2. The molecule has 1 aromatic carbocycles. The van der Waals surface area contributed by atoms with Crippen LogP contribution in [0.5, 0.6) is 0 Å². The summed E-state index contributed by atoms with van der Waals surface area (Å²) in [7, 11) is 0. The highest BCUT2D eigenvalue weighted by molar-refractivity contribution is 8.01. The van der Waals surface area contributed by atoms with Crippen LogP contribution in [0, 0.1) is 23.7 Å². The standard InChI is InChI=1S/C23H26N2O2S2/c1-2-3-4-5-6-11-28-23-24-17-10-9-16(13-18(17)29-23)25-21(26)19-14-7-8-15(12-14)20(19)22(25)27/h7-10,13-15,19-20H,2-6,11-12H2,1H3/t14-,15-,19+,20+/m0/s1. The molecule has 2 heterocycles. The molecule has 2 aliphatic carbocycles. The van der Waals surface area contributed by atoms with Crippen molar-refractivity contribution >= 4 is 50.8 Å². The maximum absolute atomic E-state index is 13.0. The van der Waals surface area contributed by atoms with Gasteiger partial charge in [-0.15, -0.1) is 11.3 Å². The van der Waals surface area contributed by atoms with Gasteiger partial charge in [0.05, 0.1) is 27.7 Å². The summed E-state index contributed by atoms with van der Waals surface area (Å²) in [5.41, 5.74) is 1.66. The van der Waals surface area contributed by atoms with Crippen molar-refractivity contribution in [1.29, 1.82) is 0 Å². The summed E-state index contributed by atoms with van der Waals surface area (Å²) in [6, 6.07) is 5.81. The van der Waals surface area contributed by atoms with Gasteiger partial charge in [-0.1, -0.05) is 56.5 Å². The van der Waals surface area contributed by atoms with Gasteiger partial charge in [0.1, 0.15) is 0 Å².